The highest BCUT2D eigenvalue weighted by Gasteiger charge is 2.29. The lowest BCUT2D eigenvalue weighted by atomic mass is 9.90. The third-order valence-electron chi connectivity index (χ3n) is 11.0. The van der Waals surface area contributed by atoms with Crippen molar-refractivity contribution in [2.75, 3.05) is 59.3 Å². The number of benzene rings is 3. The SMILES string of the molecule is CCCCOCCCN(Cc1cc(C)cc(-c2cc(C)cc(-c3cc(C)cc(CN(CCCOCCCC)C(C)=O)c3OCC(=O)OC(C)(C)C)c2OCC(=O)OC(C)(C)C)c1OCC(=O)OC(C)(C)C)C(C)=O. The highest BCUT2D eigenvalue weighted by Crippen LogP contribution is 2.48. The molecule has 0 aromatic heterocycles. The Morgan fingerprint density at radius 3 is 1.01 bits per heavy atom. The lowest BCUT2D eigenvalue weighted by molar-refractivity contribution is -0.158. The van der Waals surface area contributed by atoms with Gasteiger partial charge in [0.25, 0.3) is 0 Å². The number of unbranched alkanes of at least 4 members (excludes halogenated alkanes) is 2. The van der Waals surface area contributed by atoms with Crippen LogP contribution in [0.2, 0.25) is 0 Å². The van der Waals surface area contributed by atoms with Crippen LogP contribution in [-0.4, -0.2) is 116 Å². The predicted octanol–water partition coefficient (Wildman–Crippen LogP) is 11.2. The molecule has 0 fully saturated rings. The van der Waals surface area contributed by atoms with Crippen molar-refractivity contribution in [2.24, 2.45) is 0 Å². The van der Waals surface area contributed by atoms with Crippen LogP contribution in [0.15, 0.2) is 36.4 Å². The zero-order chi connectivity index (χ0) is 55.4. The maximum Gasteiger partial charge on any atom is 0.344 e. The molecule has 0 heterocycles. The van der Waals surface area contributed by atoms with Crippen LogP contribution in [0.25, 0.3) is 22.3 Å². The van der Waals surface area contributed by atoms with Crippen LogP contribution in [0.4, 0.5) is 0 Å². The van der Waals surface area contributed by atoms with Gasteiger partial charge < -0.3 is 47.7 Å². The Balaban J connectivity index is 2.46. The van der Waals surface area contributed by atoms with Gasteiger partial charge in [-0.2, -0.15) is 0 Å². The molecular weight excluding hydrogens is 945 g/mol. The van der Waals surface area contributed by atoms with Crippen LogP contribution in [0, 0.1) is 20.8 Å². The second-order valence-corrected chi connectivity index (χ2v) is 21.9. The molecule has 0 unspecified atom stereocenters. The van der Waals surface area contributed by atoms with Gasteiger partial charge in [-0.15, -0.1) is 0 Å². The lowest BCUT2D eigenvalue weighted by Gasteiger charge is -2.27. The fraction of sp³-hybridized carbons (Fsp3) is 0.610. The molecule has 0 radical (unpaired) electrons. The predicted molar refractivity (Wildman–Crippen MR) is 288 cm³/mol. The summed E-state index contributed by atoms with van der Waals surface area (Å²) in [4.78, 5) is 70.6. The van der Waals surface area contributed by atoms with Crippen molar-refractivity contribution in [1.29, 1.82) is 0 Å². The minimum Gasteiger partial charge on any atom is -0.481 e. The molecule has 0 aliphatic heterocycles. The number of ether oxygens (including phenoxy) is 8. The van der Waals surface area contributed by atoms with Crippen molar-refractivity contribution >= 4 is 29.7 Å². The Kier molecular flexibility index (Phi) is 24.9. The Labute approximate surface area is 442 Å². The van der Waals surface area contributed by atoms with Gasteiger partial charge in [-0.05, 0) is 150 Å². The molecule has 15 nitrogen and oxygen atoms in total. The van der Waals surface area contributed by atoms with Gasteiger partial charge in [0.1, 0.15) is 34.1 Å². The third-order valence-corrected chi connectivity index (χ3v) is 11.0. The Hall–Kier alpha value is -5.67. The second-order valence-electron chi connectivity index (χ2n) is 21.9. The van der Waals surface area contributed by atoms with Crippen LogP contribution in [0.5, 0.6) is 17.2 Å². The van der Waals surface area contributed by atoms with E-state index in [2.05, 4.69) is 13.8 Å². The molecular formula is C59H88N2O13. The summed E-state index contributed by atoms with van der Waals surface area (Å²) in [6, 6.07) is 11.5. The Morgan fingerprint density at radius 2 is 0.716 bits per heavy atom. The molecule has 0 saturated heterocycles. The molecule has 0 aliphatic carbocycles. The number of carbonyl (C=O) groups excluding carboxylic acids is 5. The first-order valence-electron chi connectivity index (χ1n) is 26.2. The standard InChI is InChI=1S/C59H88N2O13/c1-17-19-25-67-27-21-23-60(43(6)62)35-45-29-40(3)31-47(54(45)69-37-51(64)72-57(8,9)10)49-33-42(5)34-50(56(49)71-39-53(66)74-59(14,15)16)48-32-41(4)30-46(55(48)70-38-52(65)73-58(11,12)13)36-61(44(7)63)24-22-28-68-26-20-18-2/h29-34H,17-28,35-39H2,1-16H3. The number of carbonyl (C=O) groups is 5. The van der Waals surface area contributed by atoms with E-state index in [1.54, 1.807) is 72.1 Å². The van der Waals surface area contributed by atoms with Crippen LogP contribution in [0.1, 0.15) is 156 Å². The maximum atomic E-state index is 13.6. The van der Waals surface area contributed by atoms with Crippen LogP contribution in [-0.2, 0) is 60.7 Å². The van der Waals surface area contributed by atoms with Crippen LogP contribution in [0.3, 0.4) is 0 Å². The molecule has 0 saturated carbocycles. The average molecular weight is 1030 g/mol. The molecule has 0 spiro atoms. The summed E-state index contributed by atoms with van der Waals surface area (Å²) < 4.78 is 48.6. The minimum absolute atomic E-state index is 0.136. The van der Waals surface area contributed by atoms with E-state index in [9.17, 15) is 24.0 Å². The monoisotopic (exact) mass is 1030 g/mol. The average Bonchev–Trinajstić information content (AvgIpc) is 3.26. The highest BCUT2D eigenvalue weighted by atomic mass is 16.6. The molecule has 3 aromatic carbocycles. The second kappa shape index (κ2) is 29.4. The number of hydrogen-bond acceptors (Lipinski definition) is 13. The van der Waals surface area contributed by atoms with E-state index in [-0.39, 0.29) is 30.7 Å². The molecule has 0 aliphatic rings. The summed E-state index contributed by atoms with van der Waals surface area (Å²) in [6.07, 6.45) is 5.14. The van der Waals surface area contributed by atoms with E-state index in [1.807, 2.05) is 57.2 Å². The van der Waals surface area contributed by atoms with Gasteiger partial charge in [-0.3, -0.25) is 9.59 Å². The number of rotatable bonds is 29. The van der Waals surface area contributed by atoms with Gasteiger partial charge in [0.15, 0.2) is 19.8 Å². The fourth-order valence-corrected chi connectivity index (χ4v) is 8.03. The zero-order valence-corrected chi connectivity index (χ0v) is 47.7. The molecule has 0 N–H and O–H groups in total. The number of hydrogen-bond donors (Lipinski definition) is 0. The summed E-state index contributed by atoms with van der Waals surface area (Å²) in [5.41, 5.74) is 3.20. The van der Waals surface area contributed by atoms with Crippen molar-refractivity contribution in [3.05, 3.63) is 64.2 Å². The van der Waals surface area contributed by atoms with Gasteiger partial charge in [0.05, 0.1) is 0 Å². The molecule has 412 valence electrons. The quantitative estimate of drug-likeness (QED) is 0.0367. The largest absolute Gasteiger partial charge is 0.481 e. The van der Waals surface area contributed by atoms with E-state index < -0.39 is 54.5 Å². The summed E-state index contributed by atoms with van der Waals surface area (Å²) in [5, 5.41) is 0. The van der Waals surface area contributed by atoms with Crippen molar-refractivity contribution in [1.82, 2.24) is 9.80 Å². The molecule has 0 bridgehead atoms. The van der Waals surface area contributed by atoms with E-state index in [0.717, 1.165) is 42.4 Å². The Bertz CT molecular complexity index is 2190. The van der Waals surface area contributed by atoms with Gasteiger partial charge >= 0.3 is 17.9 Å². The first-order valence-corrected chi connectivity index (χ1v) is 26.2. The highest BCUT2D eigenvalue weighted by molar-refractivity contribution is 5.90. The number of aryl methyl sites for hydroxylation is 3. The Morgan fingerprint density at radius 1 is 0.432 bits per heavy atom. The van der Waals surface area contributed by atoms with Gasteiger partial charge in [0.2, 0.25) is 11.8 Å². The summed E-state index contributed by atoms with van der Waals surface area (Å²) in [7, 11) is 0. The van der Waals surface area contributed by atoms with Gasteiger partial charge in [0, 0.05) is 99.8 Å². The van der Waals surface area contributed by atoms with E-state index >= 15 is 0 Å². The summed E-state index contributed by atoms with van der Waals surface area (Å²) in [5.74, 6) is -1.31. The third kappa shape index (κ3) is 22.4. The maximum absolute atomic E-state index is 13.6. The molecule has 74 heavy (non-hydrogen) atoms. The van der Waals surface area contributed by atoms with E-state index in [0.29, 0.717) is 97.2 Å². The molecule has 15 heteroatoms. The van der Waals surface area contributed by atoms with Gasteiger partial charge in [-0.25, -0.2) is 14.4 Å². The van der Waals surface area contributed by atoms with E-state index in [1.165, 1.54) is 13.8 Å². The number of amides is 2. The van der Waals surface area contributed by atoms with Crippen molar-refractivity contribution in [2.45, 2.75) is 179 Å². The molecule has 2 amide bonds. The lowest BCUT2D eigenvalue weighted by Crippen LogP contribution is -2.31. The molecule has 3 aromatic rings. The zero-order valence-electron chi connectivity index (χ0n) is 47.7. The first-order chi connectivity index (χ1) is 34.6. The fourth-order valence-electron chi connectivity index (χ4n) is 8.03. The topological polar surface area (TPSA) is 166 Å². The first kappa shape index (κ1) is 62.6. The normalized spacial score (nSPS) is 11.7. The van der Waals surface area contributed by atoms with Crippen LogP contribution >= 0.6 is 0 Å². The minimum atomic E-state index is -0.823. The van der Waals surface area contributed by atoms with Crippen molar-refractivity contribution in [3.8, 4) is 39.5 Å². The molecule has 3 rings (SSSR count). The number of nitrogens with zero attached hydrogens (tertiary/aromatic N) is 2. The summed E-state index contributed by atoms with van der Waals surface area (Å²) in [6.45, 7) is 30.9. The van der Waals surface area contributed by atoms with Crippen LogP contribution < -0.4 is 14.2 Å². The summed E-state index contributed by atoms with van der Waals surface area (Å²) >= 11 is 0. The van der Waals surface area contributed by atoms with Crippen molar-refractivity contribution < 1.29 is 61.9 Å². The van der Waals surface area contributed by atoms with E-state index in [4.69, 9.17) is 37.9 Å². The van der Waals surface area contributed by atoms with Crippen molar-refractivity contribution in [3.63, 3.8) is 0 Å². The van der Waals surface area contributed by atoms with Gasteiger partial charge in [-0.1, -0.05) is 38.8 Å². The molecule has 0 atom stereocenters. The smallest absolute Gasteiger partial charge is 0.344 e. The number of esters is 3.